The van der Waals surface area contributed by atoms with Gasteiger partial charge in [-0.2, -0.15) is 0 Å². The van der Waals surface area contributed by atoms with Gasteiger partial charge in [0.1, 0.15) is 18.1 Å². The Labute approximate surface area is 149 Å². The number of nitrogens with one attached hydrogen (secondary N) is 1. The van der Waals surface area contributed by atoms with E-state index in [0.717, 1.165) is 30.6 Å². The minimum absolute atomic E-state index is 0.571. The molecule has 0 aliphatic rings. The molecule has 0 saturated heterocycles. The second-order valence-electron chi connectivity index (χ2n) is 4.20. The van der Waals surface area contributed by atoms with Crippen LogP contribution in [0.1, 0.15) is 0 Å². The van der Waals surface area contributed by atoms with E-state index in [0.29, 0.717) is 13.2 Å². The van der Waals surface area contributed by atoms with Crippen LogP contribution in [-0.4, -0.2) is 20.3 Å². The molecule has 0 amide bonds. The zero-order valence-corrected chi connectivity index (χ0v) is 16.1. The van der Waals surface area contributed by atoms with Gasteiger partial charge in [0, 0.05) is 20.0 Å². The van der Waals surface area contributed by atoms with Crippen molar-refractivity contribution < 1.29 is 9.47 Å². The molecule has 0 spiro atoms. The number of methoxy groups -OCH3 is 1. The highest BCUT2D eigenvalue weighted by molar-refractivity contribution is 9.11. The molecular weight excluding hydrogens is 466 g/mol. The van der Waals surface area contributed by atoms with Gasteiger partial charge in [-0.15, -0.1) is 0 Å². The maximum absolute atomic E-state index is 5.67. The van der Waals surface area contributed by atoms with Crippen LogP contribution in [0.3, 0.4) is 0 Å². The first-order valence-corrected chi connectivity index (χ1v) is 8.63. The number of hydrogen-bond donors (Lipinski definition) is 1. The van der Waals surface area contributed by atoms with Gasteiger partial charge in [0.25, 0.3) is 0 Å². The van der Waals surface area contributed by atoms with Gasteiger partial charge in [-0.3, -0.25) is 0 Å². The molecule has 0 atom stereocenters. The Morgan fingerprint density at radius 1 is 0.952 bits per heavy atom. The zero-order valence-electron chi connectivity index (χ0n) is 11.3. The Bertz CT molecular complexity index is 579. The molecule has 6 heteroatoms. The van der Waals surface area contributed by atoms with E-state index in [9.17, 15) is 0 Å². The van der Waals surface area contributed by atoms with E-state index in [1.807, 2.05) is 36.4 Å². The third-order valence-electron chi connectivity index (χ3n) is 2.74. The van der Waals surface area contributed by atoms with Crippen molar-refractivity contribution in [1.29, 1.82) is 0 Å². The summed E-state index contributed by atoms with van der Waals surface area (Å²) in [5, 5.41) is 3.34. The number of rotatable bonds is 6. The maximum atomic E-state index is 5.67. The van der Waals surface area contributed by atoms with Gasteiger partial charge in [-0.1, -0.05) is 15.9 Å². The van der Waals surface area contributed by atoms with Gasteiger partial charge in [0.15, 0.2) is 0 Å². The average Bonchev–Trinajstić information content (AvgIpc) is 2.46. The van der Waals surface area contributed by atoms with Crippen molar-refractivity contribution in [3.8, 4) is 11.5 Å². The van der Waals surface area contributed by atoms with Crippen LogP contribution < -0.4 is 14.8 Å². The highest BCUT2D eigenvalue weighted by atomic mass is 79.9. The Morgan fingerprint density at radius 3 is 2.10 bits per heavy atom. The SMILES string of the molecule is COc1ccc(OCCNc2c(Br)cc(Br)cc2Br)cc1. The van der Waals surface area contributed by atoms with Crippen LogP contribution in [0.15, 0.2) is 49.8 Å². The summed E-state index contributed by atoms with van der Waals surface area (Å²) in [6.45, 7) is 1.27. The van der Waals surface area contributed by atoms with E-state index in [-0.39, 0.29) is 0 Å². The van der Waals surface area contributed by atoms with Gasteiger partial charge in [0.05, 0.1) is 12.8 Å². The first-order valence-electron chi connectivity index (χ1n) is 6.25. The summed E-state index contributed by atoms with van der Waals surface area (Å²) in [7, 11) is 1.65. The van der Waals surface area contributed by atoms with E-state index in [1.165, 1.54) is 0 Å². The van der Waals surface area contributed by atoms with Gasteiger partial charge in [-0.05, 0) is 68.3 Å². The fourth-order valence-corrected chi connectivity index (χ4v) is 4.27. The zero-order chi connectivity index (χ0) is 15.2. The molecule has 21 heavy (non-hydrogen) atoms. The minimum atomic E-state index is 0.571. The normalized spacial score (nSPS) is 10.3. The summed E-state index contributed by atoms with van der Waals surface area (Å²) in [6, 6.07) is 11.5. The van der Waals surface area contributed by atoms with Crippen molar-refractivity contribution in [2.45, 2.75) is 0 Å². The topological polar surface area (TPSA) is 30.5 Å². The Morgan fingerprint density at radius 2 is 1.52 bits per heavy atom. The molecule has 0 saturated carbocycles. The monoisotopic (exact) mass is 477 g/mol. The molecule has 2 rings (SSSR count). The van der Waals surface area contributed by atoms with E-state index in [1.54, 1.807) is 7.11 Å². The highest BCUT2D eigenvalue weighted by Gasteiger charge is 2.06. The Hall–Kier alpha value is -0.720. The Balaban J connectivity index is 1.84. The molecule has 0 aliphatic carbocycles. The molecule has 1 N–H and O–H groups in total. The first-order chi connectivity index (χ1) is 10.1. The lowest BCUT2D eigenvalue weighted by molar-refractivity contribution is 0.331. The van der Waals surface area contributed by atoms with Gasteiger partial charge >= 0.3 is 0 Å². The molecule has 0 heterocycles. The standard InChI is InChI=1S/C15H14Br3NO2/c1-20-11-2-4-12(5-3-11)21-7-6-19-15-13(17)8-10(16)9-14(15)18/h2-5,8-9,19H,6-7H2,1H3. The molecular formula is C15H14Br3NO2. The molecule has 3 nitrogen and oxygen atoms in total. The fraction of sp³-hybridized carbons (Fsp3) is 0.200. The van der Waals surface area contributed by atoms with Crippen molar-refractivity contribution in [2.75, 3.05) is 25.6 Å². The second-order valence-corrected chi connectivity index (χ2v) is 6.82. The van der Waals surface area contributed by atoms with Crippen LogP contribution in [-0.2, 0) is 0 Å². The number of benzene rings is 2. The molecule has 112 valence electrons. The Kier molecular flexibility index (Phi) is 6.39. The number of anilines is 1. The summed E-state index contributed by atoms with van der Waals surface area (Å²) in [5.41, 5.74) is 1.01. The van der Waals surface area contributed by atoms with Crippen LogP contribution in [0.25, 0.3) is 0 Å². The molecule has 0 aliphatic heterocycles. The van der Waals surface area contributed by atoms with Crippen LogP contribution in [0.4, 0.5) is 5.69 Å². The number of ether oxygens (including phenoxy) is 2. The van der Waals surface area contributed by atoms with Gasteiger partial charge in [-0.25, -0.2) is 0 Å². The molecule has 0 unspecified atom stereocenters. The predicted molar refractivity (Wildman–Crippen MR) is 96.5 cm³/mol. The van der Waals surface area contributed by atoms with Crippen molar-refractivity contribution in [3.63, 3.8) is 0 Å². The quantitative estimate of drug-likeness (QED) is 0.557. The summed E-state index contributed by atoms with van der Waals surface area (Å²) >= 11 is 10.5. The minimum Gasteiger partial charge on any atom is -0.497 e. The van der Waals surface area contributed by atoms with Gasteiger partial charge < -0.3 is 14.8 Å². The molecule has 0 bridgehead atoms. The van der Waals surface area contributed by atoms with Crippen molar-refractivity contribution in [2.24, 2.45) is 0 Å². The van der Waals surface area contributed by atoms with E-state index in [4.69, 9.17) is 9.47 Å². The third-order valence-corrected chi connectivity index (χ3v) is 4.45. The number of hydrogen-bond acceptors (Lipinski definition) is 3. The molecule has 0 aromatic heterocycles. The maximum Gasteiger partial charge on any atom is 0.119 e. The molecule has 2 aromatic rings. The van der Waals surface area contributed by atoms with Gasteiger partial charge in [0.2, 0.25) is 0 Å². The predicted octanol–water partition coefficient (Wildman–Crippen LogP) is 5.47. The van der Waals surface area contributed by atoms with Crippen molar-refractivity contribution >= 4 is 53.5 Å². The largest absolute Gasteiger partial charge is 0.497 e. The van der Waals surface area contributed by atoms with Crippen molar-refractivity contribution in [3.05, 3.63) is 49.8 Å². The van der Waals surface area contributed by atoms with Crippen LogP contribution in [0.5, 0.6) is 11.5 Å². The highest BCUT2D eigenvalue weighted by Crippen LogP contribution is 2.34. The van der Waals surface area contributed by atoms with E-state index >= 15 is 0 Å². The summed E-state index contributed by atoms with van der Waals surface area (Å²) in [6.07, 6.45) is 0. The summed E-state index contributed by atoms with van der Waals surface area (Å²) < 4.78 is 13.8. The van der Waals surface area contributed by atoms with Crippen LogP contribution >= 0.6 is 47.8 Å². The lowest BCUT2D eigenvalue weighted by Crippen LogP contribution is -2.12. The second kappa shape index (κ2) is 8.06. The average molecular weight is 480 g/mol. The summed E-state index contributed by atoms with van der Waals surface area (Å²) in [5.74, 6) is 1.65. The molecule has 2 aromatic carbocycles. The first kappa shape index (κ1) is 16.6. The van der Waals surface area contributed by atoms with Crippen LogP contribution in [0, 0.1) is 0 Å². The lowest BCUT2D eigenvalue weighted by Gasteiger charge is -2.12. The lowest BCUT2D eigenvalue weighted by atomic mass is 10.3. The number of halogens is 3. The third kappa shape index (κ3) is 4.90. The molecule has 0 fully saturated rings. The molecule has 0 radical (unpaired) electrons. The van der Waals surface area contributed by atoms with Crippen molar-refractivity contribution in [1.82, 2.24) is 0 Å². The fourth-order valence-electron chi connectivity index (χ4n) is 1.73. The van der Waals surface area contributed by atoms with E-state index < -0.39 is 0 Å². The smallest absolute Gasteiger partial charge is 0.119 e. The summed E-state index contributed by atoms with van der Waals surface area (Å²) in [4.78, 5) is 0. The van der Waals surface area contributed by atoms with E-state index in [2.05, 4.69) is 53.1 Å². The van der Waals surface area contributed by atoms with Crippen LogP contribution in [0.2, 0.25) is 0 Å².